The van der Waals surface area contributed by atoms with Crippen LogP contribution in [0, 0.1) is 0 Å². The maximum absolute atomic E-state index is 13.3. The van der Waals surface area contributed by atoms with E-state index in [9.17, 15) is 27.9 Å². The summed E-state index contributed by atoms with van der Waals surface area (Å²) >= 11 is 0. The van der Waals surface area contributed by atoms with Crippen LogP contribution in [0.3, 0.4) is 0 Å². The van der Waals surface area contributed by atoms with Gasteiger partial charge in [-0.05, 0) is 68.4 Å². The van der Waals surface area contributed by atoms with Crippen LogP contribution in [0.15, 0.2) is 58.9 Å². The van der Waals surface area contributed by atoms with E-state index in [0.717, 1.165) is 42.2 Å². The van der Waals surface area contributed by atoms with Crippen LogP contribution < -0.4 is 5.56 Å². The highest BCUT2D eigenvalue weighted by atomic mass is 19.4. The number of fused-ring (bicyclic) bond motifs is 1. The predicted molar refractivity (Wildman–Crippen MR) is 141 cm³/mol. The number of nitrogens with one attached hydrogen (secondary N) is 1. The lowest BCUT2D eigenvalue weighted by molar-refractivity contribution is -0.142. The van der Waals surface area contributed by atoms with Gasteiger partial charge in [0.15, 0.2) is 6.10 Å². The Morgan fingerprint density at radius 1 is 1.15 bits per heavy atom. The van der Waals surface area contributed by atoms with Gasteiger partial charge in [0, 0.05) is 6.54 Å². The fraction of sp³-hybridized carbons (Fsp3) is 0.367. The van der Waals surface area contributed by atoms with Crippen molar-refractivity contribution in [3.05, 3.63) is 104 Å². The molecule has 1 amide bonds. The van der Waals surface area contributed by atoms with E-state index >= 15 is 0 Å². The summed E-state index contributed by atoms with van der Waals surface area (Å²) in [5, 5.41) is 10.6. The van der Waals surface area contributed by atoms with Gasteiger partial charge >= 0.3 is 6.18 Å². The van der Waals surface area contributed by atoms with Crippen molar-refractivity contribution in [2.45, 2.75) is 63.8 Å². The standard InChI is InChI=1S/C30H30F3N3O3/c1-18(2)14-19-6-3-8-21(15-19)29(11-12-29)28-34-24-10-5-13-36(17-23(24)26(38)35-28)27(39)25(37)20-7-4-9-22(16-20)30(31,32)33/h3-4,6-9,14-16,25,37H,5,10-13,17H2,1-2H3,(H,34,35,38)/t25-/m1/s1. The quantitative estimate of drug-likeness (QED) is 0.463. The van der Waals surface area contributed by atoms with Crippen LogP contribution in [-0.4, -0.2) is 32.4 Å². The first-order valence-corrected chi connectivity index (χ1v) is 13.0. The van der Waals surface area contributed by atoms with Crippen LogP contribution in [-0.2, 0) is 29.4 Å². The fourth-order valence-corrected chi connectivity index (χ4v) is 5.28. The van der Waals surface area contributed by atoms with Crippen LogP contribution in [0.1, 0.15) is 78.5 Å². The largest absolute Gasteiger partial charge is 0.416 e. The maximum Gasteiger partial charge on any atom is 0.416 e. The first kappa shape index (κ1) is 26.9. The Morgan fingerprint density at radius 2 is 1.90 bits per heavy atom. The SMILES string of the molecule is CC(C)=Cc1cccc(C2(c3nc4c(c(=O)[nH]3)CN(C(=O)[C@H](O)c3cccc(C(F)(F)F)c3)CCC4)CC2)c1. The number of nitrogens with zero attached hydrogens (tertiary/aromatic N) is 2. The lowest BCUT2D eigenvalue weighted by Gasteiger charge is -2.24. The van der Waals surface area contributed by atoms with Gasteiger partial charge in [0.05, 0.1) is 28.8 Å². The van der Waals surface area contributed by atoms with Crippen molar-refractivity contribution < 1.29 is 23.1 Å². The van der Waals surface area contributed by atoms with E-state index in [1.165, 1.54) is 16.5 Å². The molecule has 204 valence electrons. The molecule has 0 bridgehead atoms. The molecule has 2 N–H and O–H groups in total. The molecule has 0 spiro atoms. The molecule has 9 heteroatoms. The summed E-state index contributed by atoms with van der Waals surface area (Å²) in [5.74, 6) is -0.134. The Morgan fingerprint density at radius 3 is 2.59 bits per heavy atom. The first-order valence-electron chi connectivity index (χ1n) is 13.0. The minimum absolute atomic E-state index is 0.0736. The number of allylic oxidation sites excluding steroid dienone is 1. The fourth-order valence-electron chi connectivity index (χ4n) is 5.28. The number of aliphatic hydroxyl groups excluding tert-OH is 1. The zero-order valence-corrected chi connectivity index (χ0v) is 21.8. The van der Waals surface area contributed by atoms with Crippen LogP contribution in [0.2, 0.25) is 0 Å². The van der Waals surface area contributed by atoms with Gasteiger partial charge in [0.2, 0.25) is 0 Å². The smallest absolute Gasteiger partial charge is 0.378 e. The number of halogens is 3. The van der Waals surface area contributed by atoms with Crippen LogP contribution in [0.4, 0.5) is 13.2 Å². The molecule has 39 heavy (non-hydrogen) atoms. The Hall–Kier alpha value is -3.72. The monoisotopic (exact) mass is 537 g/mol. The molecule has 1 fully saturated rings. The van der Waals surface area contributed by atoms with E-state index in [1.807, 2.05) is 26.0 Å². The second-order valence-corrected chi connectivity index (χ2v) is 10.7. The number of alkyl halides is 3. The number of hydrogen-bond donors (Lipinski definition) is 2. The molecule has 1 aliphatic heterocycles. The van der Waals surface area contributed by atoms with Crippen molar-refractivity contribution in [2.24, 2.45) is 0 Å². The van der Waals surface area contributed by atoms with E-state index in [2.05, 4.69) is 23.2 Å². The normalized spacial score (nSPS) is 17.1. The highest BCUT2D eigenvalue weighted by Gasteiger charge is 2.49. The number of aromatic nitrogens is 2. The van der Waals surface area contributed by atoms with Crippen molar-refractivity contribution in [1.82, 2.24) is 14.9 Å². The van der Waals surface area contributed by atoms with Crippen LogP contribution in [0.5, 0.6) is 0 Å². The van der Waals surface area contributed by atoms with Crippen LogP contribution >= 0.6 is 0 Å². The molecule has 1 atom stereocenters. The molecule has 2 aromatic carbocycles. The molecule has 1 saturated carbocycles. The Balaban J connectivity index is 1.41. The second-order valence-electron chi connectivity index (χ2n) is 10.7. The number of carbonyl (C=O) groups is 1. The van der Waals surface area contributed by atoms with Gasteiger partial charge < -0.3 is 15.0 Å². The number of aryl methyl sites for hydroxylation is 1. The number of H-pyrrole nitrogens is 1. The summed E-state index contributed by atoms with van der Waals surface area (Å²) in [7, 11) is 0. The highest BCUT2D eigenvalue weighted by Crippen LogP contribution is 2.52. The van der Waals surface area contributed by atoms with Crippen molar-refractivity contribution in [3.63, 3.8) is 0 Å². The zero-order valence-electron chi connectivity index (χ0n) is 21.8. The third-order valence-electron chi connectivity index (χ3n) is 7.46. The average Bonchev–Trinajstić information content (AvgIpc) is 3.72. The number of aromatic amines is 1. The van der Waals surface area contributed by atoms with Crippen LogP contribution in [0.25, 0.3) is 6.08 Å². The molecule has 1 aromatic heterocycles. The Bertz CT molecular complexity index is 1500. The highest BCUT2D eigenvalue weighted by molar-refractivity contribution is 5.82. The van der Waals surface area contributed by atoms with E-state index in [-0.39, 0.29) is 29.6 Å². The van der Waals surface area contributed by atoms with Crippen molar-refractivity contribution in [1.29, 1.82) is 0 Å². The molecule has 0 radical (unpaired) electrons. The topological polar surface area (TPSA) is 86.3 Å². The summed E-state index contributed by atoms with van der Waals surface area (Å²) in [4.78, 5) is 35.6. The van der Waals surface area contributed by atoms with Gasteiger partial charge in [-0.2, -0.15) is 13.2 Å². The van der Waals surface area contributed by atoms with Gasteiger partial charge in [-0.3, -0.25) is 9.59 Å². The van der Waals surface area contributed by atoms with Gasteiger partial charge in [-0.15, -0.1) is 0 Å². The molecule has 6 nitrogen and oxygen atoms in total. The Kier molecular flexibility index (Phi) is 6.97. The van der Waals surface area contributed by atoms with Crippen molar-refractivity contribution in [3.8, 4) is 0 Å². The van der Waals surface area contributed by atoms with Gasteiger partial charge in [-0.1, -0.05) is 48.0 Å². The third-order valence-corrected chi connectivity index (χ3v) is 7.46. The zero-order chi connectivity index (χ0) is 27.9. The molecular formula is C30H30F3N3O3. The lowest BCUT2D eigenvalue weighted by Crippen LogP contribution is -2.36. The molecule has 0 unspecified atom stereocenters. The number of hydrogen-bond acceptors (Lipinski definition) is 4. The number of aliphatic hydroxyl groups is 1. The molecule has 5 rings (SSSR count). The van der Waals surface area contributed by atoms with E-state index in [1.54, 1.807) is 0 Å². The minimum atomic E-state index is -4.59. The minimum Gasteiger partial charge on any atom is -0.378 e. The summed E-state index contributed by atoms with van der Waals surface area (Å²) in [6.45, 7) is 4.25. The maximum atomic E-state index is 13.3. The molecule has 2 heterocycles. The average molecular weight is 538 g/mol. The third kappa shape index (κ3) is 5.41. The van der Waals surface area contributed by atoms with E-state index in [4.69, 9.17) is 4.98 Å². The lowest BCUT2D eigenvalue weighted by atomic mass is 9.92. The Labute approximate surface area is 224 Å². The molecule has 0 saturated heterocycles. The van der Waals surface area contributed by atoms with Crippen molar-refractivity contribution in [2.75, 3.05) is 6.54 Å². The second kappa shape index (κ2) is 10.1. The van der Waals surface area contributed by atoms with E-state index < -0.39 is 23.8 Å². The number of carbonyl (C=O) groups excluding carboxylic acids is 1. The number of rotatable bonds is 5. The van der Waals surface area contributed by atoms with Gasteiger partial charge in [-0.25, -0.2) is 4.98 Å². The molecule has 1 aliphatic carbocycles. The van der Waals surface area contributed by atoms with E-state index in [0.29, 0.717) is 29.9 Å². The summed E-state index contributed by atoms with van der Waals surface area (Å²) in [6.07, 6.45) is -1.56. The predicted octanol–water partition coefficient (Wildman–Crippen LogP) is 5.30. The van der Waals surface area contributed by atoms with Crippen molar-refractivity contribution >= 4 is 12.0 Å². The molecule has 2 aliphatic rings. The first-order chi connectivity index (χ1) is 18.5. The molecular weight excluding hydrogens is 507 g/mol. The summed E-state index contributed by atoms with van der Waals surface area (Å²) < 4.78 is 39.4. The molecule has 3 aromatic rings. The van der Waals surface area contributed by atoms with Gasteiger partial charge in [0.25, 0.3) is 11.5 Å². The number of amides is 1. The summed E-state index contributed by atoms with van der Waals surface area (Å²) in [6, 6.07) is 12.3. The number of benzene rings is 2. The van der Waals surface area contributed by atoms with Gasteiger partial charge in [0.1, 0.15) is 5.82 Å². The summed E-state index contributed by atoms with van der Waals surface area (Å²) in [5.41, 5.74) is 2.54.